The summed E-state index contributed by atoms with van der Waals surface area (Å²) in [4.78, 5) is 6.53. The van der Waals surface area contributed by atoms with Gasteiger partial charge >= 0.3 is 0 Å². The highest BCUT2D eigenvalue weighted by molar-refractivity contribution is 7.80. The fraction of sp³-hybridized carbons (Fsp3) is 0.273. The third kappa shape index (κ3) is 3.52. The van der Waals surface area contributed by atoms with Crippen molar-refractivity contribution >= 4 is 17.3 Å². The number of nitrogens with zero attached hydrogens (tertiary/aromatic N) is 3. The van der Waals surface area contributed by atoms with E-state index in [1.54, 1.807) is 12.3 Å². The lowest BCUT2D eigenvalue weighted by Gasteiger charge is -2.27. The van der Waals surface area contributed by atoms with Gasteiger partial charge in [0.1, 0.15) is 5.82 Å². The molecular formula is C22H23FN4OS. The highest BCUT2D eigenvalue weighted by Gasteiger charge is 2.41. The lowest BCUT2D eigenvalue weighted by molar-refractivity contribution is 0.223. The highest BCUT2D eigenvalue weighted by Crippen LogP contribution is 2.41. The topological polar surface area (TPSA) is 53.3 Å². The Morgan fingerprint density at radius 2 is 2.00 bits per heavy atom. The molecule has 1 fully saturated rings. The first-order valence-corrected chi connectivity index (χ1v) is 9.95. The molecule has 3 heterocycles. The minimum atomic E-state index is -0.270. The fourth-order valence-corrected chi connectivity index (χ4v) is 4.52. The van der Waals surface area contributed by atoms with E-state index < -0.39 is 0 Å². The minimum Gasteiger partial charge on any atom is -0.395 e. The number of aromatic nitrogens is 2. The first kappa shape index (κ1) is 19.5. The van der Waals surface area contributed by atoms with Crippen LogP contribution in [0.1, 0.15) is 34.7 Å². The van der Waals surface area contributed by atoms with E-state index in [0.717, 1.165) is 28.3 Å². The van der Waals surface area contributed by atoms with Crippen molar-refractivity contribution in [3.05, 3.63) is 83.2 Å². The van der Waals surface area contributed by atoms with Crippen molar-refractivity contribution < 1.29 is 9.50 Å². The van der Waals surface area contributed by atoms with Gasteiger partial charge in [-0.2, -0.15) is 0 Å². The molecule has 1 aliphatic heterocycles. The molecule has 0 bridgehead atoms. The van der Waals surface area contributed by atoms with Gasteiger partial charge in [-0.05, 0) is 68.0 Å². The number of benzene rings is 1. The Balaban J connectivity index is 1.84. The van der Waals surface area contributed by atoms with Crippen LogP contribution in [0.25, 0.3) is 5.69 Å². The highest BCUT2D eigenvalue weighted by atomic mass is 32.1. The fourth-order valence-electron chi connectivity index (χ4n) is 4.19. The Morgan fingerprint density at radius 1 is 1.17 bits per heavy atom. The molecule has 2 N–H and O–H groups in total. The van der Waals surface area contributed by atoms with Gasteiger partial charge < -0.3 is 19.9 Å². The molecule has 29 heavy (non-hydrogen) atoms. The Kier molecular flexibility index (Phi) is 5.34. The van der Waals surface area contributed by atoms with Gasteiger partial charge in [0.05, 0.1) is 24.4 Å². The molecule has 1 aliphatic rings. The standard InChI is InChI=1S/C22H23FN4OS/c1-14-12-18(15(2)27(14)17-7-5-6-16(23)13-17)21-20(19-8-3-4-9-24-19)25-22(29)26(21)10-11-28/h3-9,12-13,20-21,28H,10-11H2,1-2H3,(H,25,29). The molecule has 0 radical (unpaired) electrons. The van der Waals surface area contributed by atoms with Gasteiger partial charge in [0.25, 0.3) is 0 Å². The van der Waals surface area contributed by atoms with E-state index in [2.05, 4.69) is 16.4 Å². The van der Waals surface area contributed by atoms with Crippen LogP contribution < -0.4 is 5.32 Å². The zero-order valence-corrected chi connectivity index (χ0v) is 17.2. The number of pyridine rings is 1. The van der Waals surface area contributed by atoms with Gasteiger partial charge in [-0.25, -0.2) is 4.39 Å². The summed E-state index contributed by atoms with van der Waals surface area (Å²) in [5.41, 5.74) is 4.75. The van der Waals surface area contributed by atoms with Crippen molar-refractivity contribution in [1.29, 1.82) is 0 Å². The van der Waals surface area contributed by atoms with Crippen LogP contribution in [-0.2, 0) is 0 Å². The summed E-state index contributed by atoms with van der Waals surface area (Å²) in [5, 5.41) is 13.6. The molecule has 4 rings (SSSR count). The molecule has 2 unspecified atom stereocenters. The Hall–Kier alpha value is -2.77. The second kappa shape index (κ2) is 7.93. The summed E-state index contributed by atoms with van der Waals surface area (Å²) in [5.74, 6) is -0.270. The maximum absolute atomic E-state index is 13.8. The van der Waals surface area contributed by atoms with E-state index in [9.17, 15) is 9.50 Å². The average Bonchev–Trinajstić information content (AvgIpc) is 3.18. The van der Waals surface area contributed by atoms with E-state index in [-0.39, 0.29) is 24.5 Å². The van der Waals surface area contributed by atoms with E-state index in [4.69, 9.17) is 12.2 Å². The average molecular weight is 411 g/mol. The number of halogens is 1. The van der Waals surface area contributed by atoms with Crippen molar-refractivity contribution in [2.24, 2.45) is 0 Å². The number of hydrogen-bond donors (Lipinski definition) is 2. The first-order chi connectivity index (χ1) is 14.0. The molecule has 1 saturated heterocycles. The summed E-state index contributed by atoms with van der Waals surface area (Å²) in [6.07, 6.45) is 1.77. The van der Waals surface area contributed by atoms with Gasteiger partial charge in [0.15, 0.2) is 5.11 Å². The molecule has 1 aromatic carbocycles. The van der Waals surface area contributed by atoms with Crippen LogP contribution in [0.15, 0.2) is 54.7 Å². The summed E-state index contributed by atoms with van der Waals surface area (Å²) < 4.78 is 15.9. The molecule has 0 amide bonds. The summed E-state index contributed by atoms with van der Waals surface area (Å²) in [6.45, 7) is 4.45. The monoisotopic (exact) mass is 410 g/mol. The summed E-state index contributed by atoms with van der Waals surface area (Å²) in [7, 11) is 0. The SMILES string of the molecule is Cc1cc(C2C(c3ccccn3)NC(=S)N2CCO)c(C)n1-c1cccc(F)c1. The first-order valence-electron chi connectivity index (χ1n) is 9.55. The minimum absolute atomic E-state index is 0.00407. The predicted molar refractivity (Wildman–Crippen MR) is 114 cm³/mol. The van der Waals surface area contributed by atoms with E-state index in [1.165, 1.54) is 12.1 Å². The second-order valence-electron chi connectivity index (χ2n) is 7.19. The Morgan fingerprint density at radius 3 is 2.69 bits per heavy atom. The number of thiocarbonyl (C=S) groups is 1. The van der Waals surface area contributed by atoms with Crippen molar-refractivity contribution in [2.75, 3.05) is 13.2 Å². The van der Waals surface area contributed by atoms with Crippen molar-refractivity contribution in [3.63, 3.8) is 0 Å². The predicted octanol–water partition coefficient (Wildman–Crippen LogP) is 3.59. The van der Waals surface area contributed by atoms with E-state index in [1.807, 2.05) is 47.6 Å². The van der Waals surface area contributed by atoms with Gasteiger partial charge in [0, 0.05) is 29.8 Å². The third-order valence-electron chi connectivity index (χ3n) is 5.39. The number of nitrogens with one attached hydrogen (secondary N) is 1. The van der Waals surface area contributed by atoms with E-state index >= 15 is 0 Å². The van der Waals surface area contributed by atoms with Crippen LogP contribution >= 0.6 is 12.2 Å². The largest absolute Gasteiger partial charge is 0.395 e. The second-order valence-corrected chi connectivity index (χ2v) is 7.57. The number of aliphatic hydroxyl groups is 1. The summed E-state index contributed by atoms with van der Waals surface area (Å²) >= 11 is 5.57. The molecule has 150 valence electrons. The van der Waals surface area contributed by atoms with Crippen molar-refractivity contribution in [1.82, 2.24) is 19.8 Å². The Bertz CT molecular complexity index is 1040. The maximum Gasteiger partial charge on any atom is 0.170 e. The van der Waals surface area contributed by atoms with Gasteiger partial charge in [0.2, 0.25) is 0 Å². The number of aryl methyl sites for hydroxylation is 1. The number of hydrogen-bond acceptors (Lipinski definition) is 3. The molecule has 5 nitrogen and oxygen atoms in total. The molecule has 0 saturated carbocycles. The molecule has 7 heteroatoms. The van der Waals surface area contributed by atoms with Crippen LogP contribution in [0, 0.1) is 19.7 Å². The Labute approximate surface area is 174 Å². The van der Waals surface area contributed by atoms with Gasteiger partial charge in [-0.1, -0.05) is 12.1 Å². The van der Waals surface area contributed by atoms with E-state index in [0.29, 0.717) is 11.7 Å². The van der Waals surface area contributed by atoms with Crippen LogP contribution in [0.3, 0.4) is 0 Å². The molecule has 0 spiro atoms. The third-order valence-corrected chi connectivity index (χ3v) is 5.75. The lowest BCUT2D eigenvalue weighted by atomic mass is 9.97. The maximum atomic E-state index is 13.8. The number of aliphatic hydroxyl groups excluding tert-OH is 1. The van der Waals surface area contributed by atoms with Crippen LogP contribution in [0.4, 0.5) is 4.39 Å². The zero-order chi connectivity index (χ0) is 20.5. The quantitative estimate of drug-likeness (QED) is 0.630. The molecule has 2 aromatic heterocycles. The smallest absolute Gasteiger partial charge is 0.170 e. The van der Waals surface area contributed by atoms with Crippen LogP contribution in [0.5, 0.6) is 0 Å². The number of β-amino-alcohol motifs (C(OH)–C–C–N with tert-alkyl or cyclic N) is 1. The lowest BCUT2D eigenvalue weighted by Crippen LogP contribution is -2.32. The van der Waals surface area contributed by atoms with Crippen LogP contribution in [-0.4, -0.2) is 37.8 Å². The molecular weight excluding hydrogens is 387 g/mol. The number of rotatable bonds is 5. The molecule has 0 aliphatic carbocycles. The van der Waals surface area contributed by atoms with Crippen LogP contribution in [0.2, 0.25) is 0 Å². The van der Waals surface area contributed by atoms with Gasteiger partial charge in [-0.15, -0.1) is 0 Å². The summed E-state index contributed by atoms with van der Waals surface area (Å²) in [6, 6.07) is 14.2. The normalized spacial score (nSPS) is 18.9. The van der Waals surface area contributed by atoms with Crippen molar-refractivity contribution in [3.8, 4) is 5.69 Å². The van der Waals surface area contributed by atoms with Gasteiger partial charge in [-0.3, -0.25) is 4.98 Å². The zero-order valence-electron chi connectivity index (χ0n) is 16.3. The van der Waals surface area contributed by atoms with Crippen molar-refractivity contribution in [2.45, 2.75) is 25.9 Å². The molecule has 2 atom stereocenters. The molecule has 3 aromatic rings.